The second kappa shape index (κ2) is 9.25. The predicted octanol–water partition coefficient (Wildman–Crippen LogP) is 2.27. The first-order valence-corrected chi connectivity index (χ1v) is 9.21. The summed E-state index contributed by atoms with van der Waals surface area (Å²) < 4.78 is 55.4. The molecule has 2 rings (SSSR count). The molecule has 0 aliphatic heterocycles. The Morgan fingerprint density at radius 3 is 2.38 bits per heavy atom. The van der Waals surface area contributed by atoms with Crippen LogP contribution in [0.15, 0.2) is 59.5 Å². The molecular weight excluding hydrogens is 366 g/mol. The van der Waals surface area contributed by atoms with Crippen LogP contribution in [-0.2, 0) is 21.4 Å². The van der Waals surface area contributed by atoms with Gasteiger partial charge in [-0.1, -0.05) is 36.4 Å². The van der Waals surface area contributed by atoms with E-state index in [0.717, 1.165) is 0 Å². The van der Waals surface area contributed by atoms with Gasteiger partial charge in [-0.05, 0) is 18.2 Å². The molecule has 0 heterocycles. The molecule has 9 heteroatoms. The number of alkyl halides is 2. The van der Waals surface area contributed by atoms with Gasteiger partial charge in [0.25, 0.3) is 0 Å². The second-order valence-electron chi connectivity index (χ2n) is 5.22. The topological polar surface area (TPSA) is 84.5 Å². The van der Waals surface area contributed by atoms with Crippen LogP contribution in [0.3, 0.4) is 0 Å². The van der Waals surface area contributed by atoms with Gasteiger partial charge in [0.05, 0.1) is 4.90 Å². The summed E-state index contributed by atoms with van der Waals surface area (Å²) in [5, 5.41) is 2.54. The third-order valence-electron chi connectivity index (χ3n) is 3.36. The number of rotatable bonds is 9. The molecule has 1 amide bonds. The van der Waals surface area contributed by atoms with E-state index >= 15 is 0 Å². The maximum atomic E-state index is 12.3. The van der Waals surface area contributed by atoms with Gasteiger partial charge in [0.15, 0.2) is 0 Å². The zero-order valence-corrected chi connectivity index (χ0v) is 14.5. The van der Waals surface area contributed by atoms with E-state index in [0.29, 0.717) is 5.56 Å². The van der Waals surface area contributed by atoms with E-state index in [9.17, 15) is 22.0 Å². The van der Waals surface area contributed by atoms with Gasteiger partial charge in [-0.2, -0.15) is 8.78 Å². The van der Waals surface area contributed by atoms with Gasteiger partial charge in [-0.25, -0.2) is 13.1 Å². The van der Waals surface area contributed by atoms with Crippen molar-refractivity contribution in [3.05, 3.63) is 60.2 Å². The summed E-state index contributed by atoms with van der Waals surface area (Å²) >= 11 is 0. The minimum absolute atomic E-state index is 0.00678. The lowest BCUT2D eigenvalue weighted by Crippen LogP contribution is -2.30. The molecule has 0 aliphatic rings. The fourth-order valence-corrected chi connectivity index (χ4v) is 3.18. The number of benzene rings is 2. The van der Waals surface area contributed by atoms with Gasteiger partial charge in [-0.15, -0.1) is 0 Å². The van der Waals surface area contributed by atoms with E-state index in [4.69, 9.17) is 0 Å². The Morgan fingerprint density at radius 2 is 1.69 bits per heavy atom. The number of carbonyl (C=O) groups is 1. The lowest BCUT2D eigenvalue weighted by molar-refractivity contribution is -0.121. The van der Waals surface area contributed by atoms with E-state index in [1.54, 1.807) is 36.4 Å². The minimum atomic E-state index is -3.68. The van der Waals surface area contributed by atoms with Crippen LogP contribution in [0.1, 0.15) is 12.0 Å². The quantitative estimate of drug-likeness (QED) is 0.695. The third-order valence-corrected chi connectivity index (χ3v) is 4.84. The molecule has 0 aromatic heterocycles. The van der Waals surface area contributed by atoms with Crippen molar-refractivity contribution in [2.45, 2.75) is 24.5 Å². The standard InChI is InChI=1S/C17H18F2N2O4S/c18-17(19)25-15-9-5-4-6-13(15)12-20-16(22)10-11-21-26(23,24)14-7-2-1-3-8-14/h1-9,17,21H,10-12H2,(H,20,22). The van der Waals surface area contributed by atoms with Crippen LogP contribution in [-0.4, -0.2) is 27.5 Å². The highest BCUT2D eigenvalue weighted by Gasteiger charge is 2.14. The lowest BCUT2D eigenvalue weighted by atomic mass is 10.2. The van der Waals surface area contributed by atoms with Gasteiger partial charge >= 0.3 is 6.61 Å². The van der Waals surface area contributed by atoms with Crippen molar-refractivity contribution >= 4 is 15.9 Å². The number of para-hydroxylation sites is 1. The highest BCUT2D eigenvalue weighted by Crippen LogP contribution is 2.19. The monoisotopic (exact) mass is 384 g/mol. The molecule has 2 aromatic carbocycles. The highest BCUT2D eigenvalue weighted by atomic mass is 32.2. The molecule has 0 fully saturated rings. The van der Waals surface area contributed by atoms with Crippen molar-refractivity contribution in [3.8, 4) is 5.75 Å². The highest BCUT2D eigenvalue weighted by molar-refractivity contribution is 7.89. The Kier molecular flexibility index (Phi) is 7.05. The van der Waals surface area contributed by atoms with E-state index < -0.39 is 22.5 Å². The molecule has 6 nitrogen and oxygen atoms in total. The Labute approximate surface area is 150 Å². The molecule has 0 saturated carbocycles. The first kappa shape index (κ1) is 19.8. The number of nitrogens with one attached hydrogen (secondary N) is 2. The van der Waals surface area contributed by atoms with Crippen molar-refractivity contribution in [2.24, 2.45) is 0 Å². The van der Waals surface area contributed by atoms with E-state index in [-0.39, 0.29) is 30.2 Å². The minimum Gasteiger partial charge on any atom is -0.434 e. The molecule has 26 heavy (non-hydrogen) atoms. The van der Waals surface area contributed by atoms with E-state index in [1.807, 2.05) is 0 Å². The summed E-state index contributed by atoms with van der Waals surface area (Å²) in [5.74, 6) is -0.444. The number of sulfonamides is 1. The number of carbonyl (C=O) groups excluding carboxylic acids is 1. The number of amides is 1. The smallest absolute Gasteiger partial charge is 0.387 e. The maximum Gasteiger partial charge on any atom is 0.387 e. The largest absolute Gasteiger partial charge is 0.434 e. The molecular formula is C17H18F2N2O4S. The molecule has 0 spiro atoms. The summed E-state index contributed by atoms with van der Waals surface area (Å²) in [4.78, 5) is 11.9. The molecule has 140 valence electrons. The fourth-order valence-electron chi connectivity index (χ4n) is 2.12. The van der Waals surface area contributed by atoms with Gasteiger partial charge in [0.1, 0.15) is 5.75 Å². The summed E-state index contributed by atoms with van der Waals surface area (Å²) in [6, 6.07) is 13.9. The van der Waals surface area contributed by atoms with Crippen molar-refractivity contribution in [1.82, 2.24) is 10.0 Å². The van der Waals surface area contributed by atoms with Crippen molar-refractivity contribution in [3.63, 3.8) is 0 Å². The van der Waals surface area contributed by atoms with Crippen LogP contribution in [0.5, 0.6) is 5.75 Å². The van der Waals surface area contributed by atoms with E-state index in [2.05, 4.69) is 14.8 Å². The summed E-state index contributed by atoms with van der Waals surface area (Å²) in [7, 11) is -3.68. The first-order chi connectivity index (χ1) is 12.4. The van der Waals surface area contributed by atoms with Crippen molar-refractivity contribution in [1.29, 1.82) is 0 Å². The molecule has 0 bridgehead atoms. The van der Waals surface area contributed by atoms with Gasteiger partial charge in [0.2, 0.25) is 15.9 Å². The third kappa shape index (κ3) is 6.08. The Hall–Kier alpha value is -2.52. The zero-order valence-electron chi connectivity index (χ0n) is 13.7. The first-order valence-electron chi connectivity index (χ1n) is 7.72. The SMILES string of the molecule is O=C(CCNS(=O)(=O)c1ccccc1)NCc1ccccc1OC(F)F. The summed E-state index contributed by atoms with van der Waals surface area (Å²) in [6.07, 6.45) is -0.0933. The molecule has 2 N–H and O–H groups in total. The number of hydrogen-bond acceptors (Lipinski definition) is 4. The van der Waals surface area contributed by atoms with Crippen molar-refractivity contribution in [2.75, 3.05) is 6.54 Å². The average molecular weight is 384 g/mol. The van der Waals surface area contributed by atoms with Gasteiger partial charge in [0, 0.05) is 25.1 Å². The molecule has 0 radical (unpaired) electrons. The number of halogens is 2. The van der Waals surface area contributed by atoms with Crippen molar-refractivity contribution < 1.29 is 26.7 Å². The summed E-state index contributed by atoms with van der Waals surface area (Å²) in [6.45, 7) is -3.05. The Morgan fingerprint density at radius 1 is 1.04 bits per heavy atom. The maximum absolute atomic E-state index is 12.3. The molecule has 0 atom stereocenters. The fraction of sp³-hybridized carbons (Fsp3) is 0.235. The summed E-state index contributed by atoms with van der Waals surface area (Å²) in [5.41, 5.74) is 0.394. The molecule has 0 aliphatic carbocycles. The zero-order chi connectivity index (χ0) is 19.0. The second-order valence-corrected chi connectivity index (χ2v) is 6.99. The van der Waals surface area contributed by atoms with Crippen LogP contribution in [0.25, 0.3) is 0 Å². The normalized spacial score (nSPS) is 11.3. The molecule has 0 unspecified atom stereocenters. The van der Waals surface area contributed by atoms with Gasteiger partial charge < -0.3 is 10.1 Å². The average Bonchev–Trinajstić information content (AvgIpc) is 2.61. The Bertz CT molecular complexity index is 830. The van der Waals surface area contributed by atoms with Crippen LogP contribution in [0.4, 0.5) is 8.78 Å². The lowest BCUT2D eigenvalue weighted by Gasteiger charge is -2.11. The van der Waals surface area contributed by atoms with Gasteiger partial charge in [-0.3, -0.25) is 4.79 Å². The van der Waals surface area contributed by atoms with Crippen LogP contribution in [0.2, 0.25) is 0 Å². The van der Waals surface area contributed by atoms with E-state index in [1.165, 1.54) is 18.2 Å². The number of hydrogen-bond donors (Lipinski definition) is 2. The van der Waals surface area contributed by atoms with Crippen LogP contribution < -0.4 is 14.8 Å². The van der Waals surface area contributed by atoms with Crippen LogP contribution in [0, 0.1) is 0 Å². The molecule has 0 saturated heterocycles. The number of ether oxygens (including phenoxy) is 1. The Balaban J connectivity index is 1.81. The molecule has 2 aromatic rings. The predicted molar refractivity (Wildman–Crippen MR) is 91.2 cm³/mol. The van der Waals surface area contributed by atoms with Crippen LogP contribution >= 0.6 is 0 Å².